The minimum absolute atomic E-state index is 0.672. The van der Waals surface area contributed by atoms with Crippen molar-refractivity contribution in [3.8, 4) is 6.07 Å². The third-order valence-corrected chi connectivity index (χ3v) is 2.84. The number of anilines is 1. The summed E-state index contributed by atoms with van der Waals surface area (Å²) in [7, 11) is 0. The molecule has 0 N–H and O–H groups in total. The highest BCUT2D eigenvalue weighted by Crippen LogP contribution is 2.30. The highest BCUT2D eigenvalue weighted by Gasteiger charge is 2.11. The average Bonchev–Trinajstić information content (AvgIpc) is 2.47. The van der Waals surface area contributed by atoms with E-state index in [0.717, 1.165) is 16.5 Å². The zero-order valence-corrected chi connectivity index (χ0v) is 9.58. The summed E-state index contributed by atoms with van der Waals surface area (Å²) in [4.78, 5) is 5.43. The van der Waals surface area contributed by atoms with Crippen molar-refractivity contribution in [3.05, 3.63) is 66.6 Å². The second-order valence-electron chi connectivity index (χ2n) is 3.89. The Balaban J connectivity index is 2.22. The topological polar surface area (TPSA) is 36.3 Å². The summed E-state index contributed by atoms with van der Waals surface area (Å²) >= 11 is 0. The maximum atomic E-state index is 9.12. The molecule has 0 spiro atoms. The van der Waals surface area contributed by atoms with Crippen LogP contribution in [0.1, 0.15) is 5.56 Å². The molecule has 0 radical (unpaired) electrons. The molecule has 3 rings (SSSR count). The molecule has 0 saturated carbocycles. The highest BCUT2D eigenvalue weighted by atomic mass is 16.7. The third kappa shape index (κ3) is 1.61. The van der Waals surface area contributed by atoms with Crippen molar-refractivity contribution >= 4 is 16.5 Å². The van der Waals surface area contributed by atoms with E-state index in [1.54, 1.807) is 11.3 Å². The highest BCUT2D eigenvalue weighted by molar-refractivity contribution is 5.97. The molecule has 0 aromatic heterocycles. The van der Waals surface area contributed by atoms with Gasteiger partial charge in [0.1, 0.15) is 6.26 Å². The predicted octanol–water partition coefficient (Wildman–Crippen LogP) is 3.49. The van der Waals surface area contributed by atoms with E-state index < -0.39 is 0 Å². The Morgan fingerprint density at radius 1 is 1.00 bits per heavy atom. The molecule has 1 aliphatic rings. The smallest absolute Gasteiger partial charge is 0.120 e. The van der Waals surface area contributed by atoms with Gasteiger partial charge < -0.3 is 4.84 Å². The molecule has 0 atom stereocenters. The second kappa shape index (κ2) is 4.27. The van der Waals surface area contributed by atoms with Crippen LogP contribution in [-0.2, 0) is 4.84 Å². The first-order chi connectivity index (χ1) is 8.90. The number of nitrogens with zero attached hydrogens (tertiary/aromatic N) is 2. The van der Waals surface area contributed by atoms with Crippen LogP contribution in [0.2, 0.25) is 0 Å². The summed E-state index contributed by atoms with van der Waals surface area (Å²) in [5, 5.41) is 12.7. The zero-order valence-electron chi connectivity index (χ0n) is 9.58. The monoisotopic (exact) mass is 234 g/mol. The number of benzene rings is 2. The Morgan fingerprint density at radius 3 is 2.56 bits per heavy atom. The first-order valence-electron chi connectivity index (χ1n) is 5.61. The number of fused-ring (bicyclic) bond motifs is 1. The first-order valence-corrected chi connectivity index (χ1v) is 5.61. The molecule has 86 valence electrons. The van der Waals surface area contributed by atoms with Crippen LogP contribution in [0.4, 0.5) is 5.69 Å². The number of hydrogen-bond acceptors (Lipinski definition) is 3. The molecule has 3 nitrogen and oxygen atoms in total. The first kappa shape index (κ1) is 10.4. The maximum absolute atomic E-state index is 9.12. The van der Waals surface area contributed by atoms with Crippen molar-refractivity contribution in [2.24, 2.45) is 0 Å². The van der Waals surface area contributed by atoms with Crippen LogP contribution in [0.15, 0.2) is 61.0 Å². The standard InChI is InChI=1S/C15H10N2O/c16-11-12-7-8-15(17-9-3-4-10-18-17)14-6-2-1-5-13(12)14/h1-10H. The van der Waals surface area contributed by atoms with Crippen LogP contribution in [0, 0.1) is 11.3 Å². The lowest BCUT2D eigenvalue weighted by atomic mass is 10.0. The maximum Gasteiger partial charge on any atom is 0.120 e. The van der Waals surface area contributed by atoms with Gasteiger partial charge in [-0.1, -0.05) is 24.3 Å². The van der Waals surface area contributed by atoms with Gasteiger partial charge in [-0.05, 0) is 24.3 Å². The van der Waals surface area contributed by atoms with Crippen molar-refractivity contribution in [2.75, 3.05) is 5.06 Å². The van der Waals surface area contributed by atoms with Gasteiger partial charge >= 0.3 is 0 Å². The van der Waals surface area contributed by atoms with Crippen LogP contribution < -0.4 is 5.06 Å². The van der Waals surface area contributed by atoms with Crippen molar-refractivity contribution in [1.82, 2.24) is 0 Å². The van der Waals surface area contributed by atoms with Crippen LogP contribution in [-0.4, -0.2) is 0 Å². The fourth-order valence-electron chi connectivity index (χ4n) is 2.02. The average molecular weight is 234 g/mol. The SMILES string of the molecule is N#Cc1ccc(N2C=CC=CO2)c2ccccc12. The molecule has 0 amide bonds. The quantitative estimate of drug-likeness (QED) is 0.757. The van der Waals surface area contributed by atoms with E-state index in [0.29, 0.717) is 5.56 Å². The normalized spacial score (nSPS) is 13.4. The minimum Gasteiger partial charge on any atom is -0.383 e. The van der Waals surface area contributed by atoms with Gasteiger partial charge in [-0.15, -0.1) is 0 Å². The number of nitriles is 1. The van der Waals surface area contributed by atoms with Gasteiger partial charge in [-0.25, -0.2) is 0 Å². The van der Waals surface area contributed by atoms with Gasteiger partial charge in [0.15, 0.2) is 0 Å². The van der Waals surface area contributed by atoms with E-state index in [1.165, 1.54) is 0 Å². The molecule has 1 aliphatic heterocycles. The molecular formula is C15H10N2O. The zero-order chi connectivity index (χ0) is 12.4. The summed E-state index contributed by atoms with van der Waals surface area (Å²) in [6, 6.07) is 13.7. The van der Waals surface area contributed by atoms with E-state index in [1.807, 2.05) is 54.8 Å². The molecular weight excluding hydrogens is 224 g/mol. The predicted molar refractivity (Wildman–Crippen MR) is 70.5 cm³/mol. The summed E-state index contributed by atoms with van der Waals surface area (Å²) < 4.78 is 0. The Labute approximate surface area is 105 Å². The van der Waals surface area contributed by atoms with Crippen LogP contribution in [0.3, 0.4) is 0 Å². The molecule has 2 aromatic rings. The van der Waals surface area contributed by atoms with E-state index in [9.17, 15) is 0 Å². The molecule has 0 saturated heterocycles. The van der Waals surface area contributed by atoms with Gasteiger partial charge in [0.2, 0.25) is 0 Å². The third-order valence-electron chi connectivity index (χ3n) is 2.84. The Bertz CT molecular complexity index is 695. The Kier molecular flexibility index (Phi) is 2.47. The summed E-state index contributed by atoms with van der Waals surface area (Å²) in [5.74, 6) is 0. The molecule has 0 aliphatic carbocycles. The van der Waals surface area contributed by atoms with E-state index in [-0.39, 0.29) is 0 Å². The van der Waals surface area contributed by atoms with Gasteiger partial charge in [-0.3, -0.25) is 0 Å². The van der Waals surface area contributed by atoms with Gasteiger partial charge in [0, 0.05) is 17.0 Å². The fourth-order valence-corrected chi connectivity index (χ4v) is 2.02. The Hall–Kier alpha value is -2.73. The lowest BCUT2D eigenvalue weighted by molar-refractivity contribution is 0.246. The van der Waals surface area contributed by atoms with Crippen molar-refractivity contribution < 1.29 is 4.84 Å². The van der Waals surface area contributed by atoms with E-state index >= 15 is 0 Å². The second-order valence-corrected chi connectivity index (χ2v) is 3.89. The largest absolute Gasteiger partial charge is 0.383 e. The summed E-state index contributed by atoms with van der Waals surface area (Å²) in [6.07, 6.45) is 7.18. The minimum atomic E-state index is 0.672. The summed E-state index contributed by atoms with van der Waals surface area (Å²) in [5.41, 5.74) is 1.59. The molecule has 3 heteroatoms. The van der Waals surface area contributed by atoms with Crippen molar-refractivity contribution in [2.45, 2.75) is 0 Å². The van der Waals surface area contributed by atoms with Crippen LogP contribution in [0.25, 0.3) is 10.8 Å². The van der Waals surface area contributed by atoms with Crippen molar-refractivity contribution in [1.29, 1.82) is 5.26 Å². The Morgan fingerprint density at radius 2 is 1.83 bits per heavy atom. The lowest BCUT2D eigenvalue weighted by Crippen LogP contribution is -2.15. The molecule has 18 heavy (non-hydrogen) atoms. The molecule has 0 unspecified atom stereocenters. The van der Waals surface area contributed by atoms with Crippen LogP contribution >= 0.6 is 0 Å². The number of rotatable bonds is 1. The van der Waals surface area contributed by atoms with Gasteiger partial charge in [-0.2, -0.15) is 10.3 Å². The molecule has 2 aromatic carbocycles. The number of hydroxylamine groups is 1. The lowest BCUT2D eigenvalue weighted by Gasteiger charge is -2.21. The van der Waals surface area contributed by atoms with Crippen molar-refractivity contribution in [3.63, 3.8) is 0 Å². The number of hydrogen-bond donors (Lipinski definition) is 0. The van der Waals surface area contributed by atoms with E-state index in [2.05, 4.69) is 6.07 Å². The van der Waals surface area contributed by atoms with Crippen LogP contribution in [0.5, 0.6) is 0 Å². The fraction of sp³-hybridized carbons (Fsp3) is 0. The molecule has 1 heterocycles. The summed E-state index contributed by atoms with van der Waals surface area (Å²) in [6.45, 7) is 0. The molecule has 0 fully saturated rings. The number of allylic oxidation sites excluding steroid dienone is 2. The van der Waals surface area contributed by atoms with Gasteiger partial charge in [0.25, 0.3) is 0 Å². The van der Waals surface area contributed by atoms with E-state index in [4.69, 9.17) is 10.1 Å². The van der Waals surface area contributed by atoms with Gasteiger partial charge in [0.05, 0.1) is 17.3 Å². The molecule has 0 bridgehead atoms.